The second-order valence-corrected chi connectivity index (χ2v) is 4.64. The van der Waals surface area contributed by atoms with Gasteiger partial charge in [0.1, 0.15) is 11.5 Å². The van der Waals surface area contributed by atoms with E-state index in [2.05, 4.69) is 23.2 Å². The molecule has 16 heavy (non-hydrogen) atoms. The second kappa shape index (κ2) is 5.51. The molecule has 0 amide bonds. The van der Waals surface area contributed by atoms with Crippen LogP contribution < -0.4 is 5.32 Å². The highest BCUT2D eigenvalue weighted by atomic mass is 16.3. The number of aryl methyl sites for hydroxylation is 1. The van der Waals surface area contributed by atoms with Gasteiger partial charge in [-0.1, -0.05) is 6.92 Å². The van der Waals surface area contributed by atoms with Crippen LogP contribution in [-0.4, -0.2) is 30.6 Å². The molecule has 0 radical (unpaired) electrons. The average molecular weight is 222 g/mol. The van der Waals surface area contributed by atoms with Crippen molar-refractivity contribution in [1.29, 1.82) is 0 Å². The van der Waals surface area contributed by atoms with E-state index in [1.54, 1.807) is 0 Å². The third-order valence-corrected chi connectivity index (χ3v) is 3.32. The maximum Gasteiger partial charge on any atom is 0.118 e. The summed E-state index contributed by atoms with van der Waals surface area (Å²) in [5.74, 6) is 2.10. The summed E-state index contributed by atoms with van der Waals surface area (Å²) in [5.41, 5.74) is 0. The number of hydrogen-bond donors (Lipinski definition) is 1. The van der Waals surface area contributed by atoms with Crippen molar-refractivity contribution in [2.75, 3.05) is 19.6 Å². The molecule has 2 heterocycles. The van der Waals surface area contributed by atoms with Crippen LogP contribution >= 0.6 is 0 Å². The number of nitrogens with zero attached hydrogens (tertiary/aromatic N) is 1. The Kier molecular flexibility index (Phi) is 4.02. The first-order valence-electron chi connectivity index (χ1n) is 6.29. The molecule has 1 aliphatic heterocycles. The van der Waals surface area contributed by atoms with Crippen molar-refractivity contribution in [1.82, 2.24) is 10.2 Å². The number of furan rings is 1. The quantitative estimate of drug-likeness (QED) is 0.849. The van der Waals surface area contributed by atoms with E-state index in [-0.39, 0.29) is 0 Å². The van der Waals surface area contributed by atoms with Gasteiger partial charge in [-0.15, -0.1) is 0 Å². The van der Waals surface area contributed by atoms with Crippen molar-refractivity contribution < 1.29 is 4.42 Å². The Bertz CT molecular complexity index is 321. The molecule has 1 aliphatic rings. The van der Waals surface area contributed by atoms with Crippen molar-refractivity contribution in [3.05, 3.63) is 23.7 Å². The van der Waals surface area contributed by atoms with Gasteiger partial charge in [-0.05, 0) is 31.9 Å². The van der Waals surface area contributed by atoms with E-state index in [4.69, 9.17) is 4.42 Å². The molecule has 0 saturated carbocycles. The highest BCUT2D eigenvalue weighted by Gasteiger charge is 2.15. The van der Waals surface area contributed by atoms with Crippen LogP contribution in [0.3, 0.4) is 0 Å². The molecule has 0 aromatic carbocycles. The van der Waals surface area contributed by atoms with Crippen molar-refractivity contribution in [2.45, 2.75) is 39.3 Å². The Labute approximate surface area is 97.8 Å². The first kappa shape index (κ1) is 11.7. The molecule has 3 heteroatoms. The molecule has 1 aromatic rings. The fourth-order valence-electron chi connectivity index (χ4n) is 2.28. The lowest BCUT2D eigenvalue weighted by Gasteiger charge is -2.17. The summed E-state index contributed by atoms with van der Waals surface area (Å²) in [4.78, 5) is 2.47. The summed E-state index contributed by atoms with van der Waals surface area (Å²) in [6.07, 6.45) is 2.48. The summed E-state index contributed by atoms with van der Waals surface area (Å²) >= 11 is 0. The molecule has 0 bridgehead atoms. The molecule has 0 spiro atoms. The third-order valence-electron chi connectivity index (χ3n) is 3.32. The lowest BCUT2D eigenvalue weighted by molar-refractivity contribution is 0.255. The van der Waals surface area contributed by atoms with Crippen LogP contribution in [0.5, 0.6) is 0 Å². The molecule has 1 atom stereocenters. The third kappa shape index (κ3) is 3.09. The van der Waals surface area contributed by atoms with Gasteiger partial charge >= 0.3 is 0 Å². The molecule has 1 unspecified atom stereocenters. The molecule has 1 N–H and O–H groups in total. The molecule has 1 aromatic heterocycles. The fraction of sp³-hybridized carbons (Fsp3) is 0.692. The van der Waals surface area contributed by atoms with Crippen molar-refractivity contribution in [2.24, 2.45) is 0 Å². The van der Waals surface area contributed by atoms with E-state index >= 15 is 0 Å². The van der Waals surface area contributed by atoms with Crippen LogP contribution in [-0.2, 0) is 6.54 Å². The highest BCUT2D eigenvalue weighted by Crippen LogP contribution is 2.12. The van der Waals surface area contributed by atoms with Gasteiger partial charge in [-0.25, -0.2) is 0 Å². The maximum absolute atomic E-state index is 5.62. The molecule has 90 valence electrons. The van der Waals surface area contributed by atoms with Gasteiger partial charge < -0.3 is 9.73 Å². The standard InChI is InChI=1S/C13H22N2O/c1-3-12-6-8-15(9-7-14-12)10-13-5-4-11(2)16-13/h4-5,12,14H,3,6-10H2,1-2H3. The lowest BCUT2D eigenvalue weighted by Crippen LogP contribution is -2.29. The molecular formula is C13H22N2O. The zero-order chi connectivity index (χ0) is 11.4. The van der Waals surface area contributed by atoms with Gasteiger partial charge in [0.15, 0.2) is 0 Å². The largest absolute Gasteiger partial charge is 0.465 e. The van der Waals surface area contributed by atoms with E-state index in [0.717, 1.165) is 31.2 Å². The van der Waals surface area contributed by atoms with Crippen molar-refractivity contribution in [3.8, 4) is 0 Å². The molecule has 1 saturated heterocycles. The Balaban J connectivity index is 1.86. The van der Waals surface area contributed by atoms with E-state index in [1.807, 2.05) is 13.0 Å². The van der Waals surface area contributed by atoms with Gasteiger partial charge in [0.05, 0.1) is 6.54 Å². The minimum absolute atomic E-state index is 0.698. The van der Waals surface area contributed by atoms with Gasteiger partial charge in [0.2, 0.25) is 0 Å². The molecular weight excluding hydrogens is 200 g/mol. The first-order chi connectivity index (χ1) is 7.78. The fourth-order valence-corrected chi connectivity index (χ4v) is 2.28. The van der Waals surface area contributed by atoms with Gasteiger partial charge in [-0.2, -0.15) is 0 Å². The van der Waals surface area contributed by atoms with Crippen LogP contribution in [0.15, 0.2) is 16.5 Å². The summed E-state index contributed by atoms with van der Waals surface area (Å²) in [7, 11) is 0. The number of nitrogens with one attached hydrogen (secondary N) is 1. The Morgan fingerprint density at radius 1 is 1.44 bits per heavy atom. The summed E-state index contributed by atoms with van der Waals surface area (Å²) in [6.45, 7) is 8.59. The monoisotopic (exact) mass is 222 g/mol. The highest BCUT2D eigenvalue weighted by molar-refractivity contribution is 5.05. The summed E-state index contributed by atoms with van der Waals surface area (Å²) in [5, 5.41) is 3.58. The molecule has 1 fully saturated rings. The lowest BCUT2D eigenvalue weighted by atomic mass is 10.1. The minimum Gasteiger partial charge on any atom is -0.465 e. The van der Waals surface area contributed by atoms with Crippen LogP contribution in [0.1, 0.15) is 31.3 Å². The van der Waals surface area contributed by atoms with E-state index in [9.17, 15) is 0 Å². The Morgan fingerprint density at radius 3 is 3.00 bits per heavy atom. The Hall–Kier alpha value is -0.800. The predicted octanol–water partition coefficient (Wildman–Crippen LogP) is 2.16. The normalized spacial score (nSPS) is 23.2. The first-order valence-corrected chi connectivity index (χ1v) is 6.29. The van der Waals surface area contributed by atoms with Crippen LogP contribution in [0.25, 0.3) is 0 Å². The van der Waals surface area contributed by atoms with E-state index in [1.165, 1.54) is 19.4 Å². The second-order valence-electron chi connectivity index (χ2n) is 4.64. The van der Waals surface area contributed by atoms with Crippen molar-refractivity contribution in [3.63, 3.8) is 0 Å². The average Bonchev–Trinajstić information content (AvgIpc) is 2.55. The van der Waals surface area contributed by atoms with Gasteiger partial charge in [0.25, 0.3) is 0 Å². The van der Waals surface area contributed by atoms with Crippen LogP contribution in [0.4, 0.5) is 0 Å². The molecule has 3 nitrogen and oxygen atoms in total. The van der Waals surface area contributed by atoms with Gasteiger partial charge in [-0.3, -0.25) is 4.90 Å². The van der Waals surface area contributed by atoms with E-state index < -0.39 is 0 Å². The molecule has 0 aliphatic carbocycles. The van der Waals surface area contributed by atoms with E-state index in [0.29, 0.717) is 6.04 Å². The minimum atomic E-state index is 0.698. The summed E-state index contributed by atoms with van der Waals surface area (Å²) in [6, 6.07) is 4.83. The topological polar surface area (TPSA) is 28.4 Å². The van der Waals surface area contributed by atoms with Crippen molar-refractivity contribution >= 4 is 0 Å². The number of rotatable bonds is 3. The Morgan fingerprint density at radius 2 is 2.31 bits per heavy atom. The SMILES string of the molecule is CCC1CCN(Cc2ccc(C)o2)CCN1. The van der Waals surface area contributed by atoms with Gasteiger partial charge in [0, 0.05) is 25.7 Å². The number of hydrogen-bond acceptors (Lipinski definition) is 3. The maximum atomic E-state index is 5.62. The molecule has 2 rings (SSSR count). The smallest absolute Gasteiger partial charge is 0.118 e. The predicted molar refractivity (Wildman–Crippen MR) is 65.4 cm³/mol. The zero-order valence-corrected chi connectivity index (χ0v) is 10.3. The van der Waals surface area contributed by atoms with Crippen LogP contribution in [0.2, 0.25) is 0 Å². The summed E-state index contributed by atoms with van der Waals surface area (Å²) < 4.78 is 5.62. The zero-order valence-electron chi connectivity index (χ0n) is 10.3. The van der Waals surface area contributed by atoms with Crippen LogP contribution in [0, 0.1) is 6.92 Å².